The highest BCUT2D eigenvalue weighted by molar-refractivity contribution is 5.79. The average Bonchev–Trinajstić information content (AvgIpc) is 2.06. The second-order valence-electron chi connectivity index (χ2n) is 1.21. The van der Waals surface area contributed by atoms with E-state index in [9.17, 15) is 0 Å². The van der Waals surface area contributed by atoms with Crippen molar-refractivity contribution in [2.75, 3.05) is 0 Å². The van der Waals surface area contributed by atoms with Gasteiger partial charge >= 0.3 is 12.0 Å². The number of aliphatic imine (C=N–C) groups is 1. The summed E-state index contributed by atoms with van der Waals surface area (Å²) >= 11 is 0. The first-order valence-electron chi connectivity index (χ1n) is 2.36. The van der Waals surface area contributed by atoms with Crippen LogP contribution in [0.1, 0.15) is 0 Å². The molecule has 0 radical (unpaired) electrons. The number of nitrogens with zero attached hydrogens (tertiary/aromatic N) is 3. The van der Waals surface area contributed by atoms with Crippen LogP contribution in [0.15, 0.2) is 15.2 Å². The standard InChI is InChI=1S/C3H8N6O2/c1-7-3(11-6)9-8-2(4)10-5/h1,5-6H2,(H2,4,8)/b9-3+. The van der Waals surface area contributed by atoms with E-state index < -0.39 is 0 Å². The fourth-order valence-electron chi connectivity index (χ4n) is 0.208. The third-order valence-corrected chi connectivity index (χ3v) is 0.596. The molecule has 0 amide bonds. The van der Waals surface area contributed by atoms with Gasteiger partial charge in [0.15, 0.2) is 0 Å². The molecule has 0 saturated heterocycles. The lowest BCUT2D eigenvalue weighted by molar-refractivity contribution is 0.307. The molecule has 0 spiro atoms. The summed E-state index contributed by atoms with van der Waals surface area (Å²) in [5, 5.41) is 6.41. The van der Waals surface area contributed by atoms with Crippen molar-refractivity contribution >= 4 is 18.8 Å². The van der Waals surface area contributed by atoms with Crippen molar-refractivity contribution in [3.63, 3.8) is 0 Å². The van der Waals surface area contributed by atoms with Crippen LogP contribution in [0.2, 0.25) is 0 Å². The normalized spacial score (nSPS) is 12.5. The maximum atomic E-state index is 4.97. The Morgan fingerprint density at radius 2 is 1.82 bits per heavy atom. The van der Waals surface area contributed by atoms with Crippen LogP contribution in [0.25, 0.3) is 0 Å². The van der Waals surface area contributed by atoms with Crippen LogP contribution in [-0.4, -0.2) is 18.8 Å². The van der Waals surface area contributed by atoms with Gasteiger partial charge in [0.25, 0.3) is 0 Å². The quantitative estimate of drug-likeness (QED) is 0.233. The summed E-state index contributed by atoms with van der Waals surface area (Å²) in [4.78, 5) is 11.2. The molecule has 0 aromatic rings. The zero-order valence-corrected chi connectivity index (χ0v) is 5.60. The molecule has 6 N–H and O–H groups in total. The molecule has 8 heteroatoms. The largest absolute Gasteiger partial charge is 0.372 e. The molecule has 0 rings (SSSR count). The molecule has 0 aliphatic carbocycles. The lowest BCUT2D eigenvalue weighted by Gasteiger charge is -1.93. The molecule has 8 nitrogen and oxygen atoms in total. The van der Waals surface area contributed by atoms with Crippen LogP contribution >= 0.6 is 0 Å². The van der Waals surface area contributed by atoms with Crippen molar-refractivity contribution in [2.24, 2.45) is 32.7 Å². The Balaban J connectivity index is 4.17. The fourth-order valence-corrected chi connectivity index (χ4v) is 0.208. The van der Waals surface area contributed by atoms with E-state index in [4.69, 9.17) is 5.73 Å². The second-order valence-corrected chi connectivity index (χ2v) is 1.21. The van der Waals surface area contributed by atoms with Gasteiger partial charge in [0, 0.05) is 0 Å². The highest BCUT2D eigenvalue weighted by Crippen LogP contribution is 1.80. The summed E-state index contributed by atoms with van der Waals surface area (Å²) in [6, 6.07) is -0.590. The molecule has 11 heavy (non-hydrogen) atoms. The first-order valence-corrected chi connectivity index (χ1v) is 2.36. The topological polar surface area (TPSA) is 134 Å². The maximum Gasteiger partial charge on any atom is 0.354 e. The minimum Gasteiger partial charge on any atom is -0.372 e. The molecular weight excluding hydrogens is 152 g/mol. The van der Waals surface area contributed by atoms with E-state index in [2.05, 4.69) is 43.4 Å². The van der Waals surface area contributed by atoms with E-state index in [1.165, 1.54) is 0 Å². The Labute approximate surface area is 62.3 Å². The third-order valence-electron chi connectivity index (χ3n) is 0.596. The molecule has 0 aromatic carbocycles. The monoisotopic (exact) mass is 160 g/mol. The van der Waals surface area contributed by atoms with Gasteiger partial charge in [-0.3, -0.25) is 0 Å². The summed E-state index contributed by atoms with van der Waals surface area (Å²) < 4.78 is 0. The SMILES string of the molecule is C=N/C(=N\N=C(/N)ON)ON. The lowest BCUT2D eigenvalue weighted by Crippen LogP contribution is -2.19. The van der Waals surface area contributed by atoms with Gasteiger partial charge in [-0.15, -0.1) is 0 Å². The van der Waals surface area contributed by atoms with Gasteiger partial charge < -0.3 is 15.4 Å². The maximum absolute atomic E-state index is 4.97. The van der Waals surface area contributed by atoms with Gasteiger partial charge in [0.2, 0.25) is 0 Å². The van der Waals surface area contributed by atoms with E-state index in [0.29, 0.717) is 0 Å². The fraction of sp³-hybridized carbons (Fsp3) is 0. The van der Waals surface area contributed by atoms with E-state index in [1.54, 1.807) is 0 Å². The van der Waals surface area contributed by atoms with Gasteiger partial charge in [0.1, 0.15) is 0 Å². The first-order chi connectivity index (χ1) is 5.24. The van der Waals surface area contributed by atoms with Gasteiger partial charge in [-0.05, 0) is 6.72 Å². The average molecular weight is 160 g/mol. The Hall–Kier alpha value is -1.67. The van der Waals surface area contributed by atoms with E-state index in [-0.39, 0.29) is 12.0 Å². The minimum absolute atomic E-state index is 0.245. The molecule has 0 unspecified atom stereocenters. The van der Waals surface area contributed by atoms with Crippen molar-refractivity contribution in [3.05, 3.63) is 0 Å². The van der Waals surface area contributed by atoms with Gasteiger partial charge in [-0.25, -0.2) is 4.99 Å². The molecule has 0 aliphatic rings. The molecule has 0 aliphatic heterocycles. The van der Waals surface area contributed by atoms with Crippen LogP contribution in [-0.2, 0) is 9.68 Å². The van der Waals surface area contributed by atoms with Crippen molar-refractivity contribution in [2.45, 2.75) is 0 Å². The number of nitrogens with two attached hydrogens (primary N) is 3. The molecule has 0 fully saturated rings. The van der Waals surface area contributed by atoms with E-state index >= 15 is 0 Å². The van der Waals surface area contributed by atoms with Crippen molar-refractivity contribution < 1.29 is 9.68 Å². The first kappa shape index (κ1) is 9.33. The Morgan fingerprint density at radius 1 is 1.18 bits per heavy atom. The molecule has 0 heterocycles. The molecule has 0 saturated carbocycles. The number of hydrogen-bond donors (Lipinski definition) is 3. The molecule has 0 aromatic heterocycles. The van der Waals surface area contributed by atoms with Crippen molar-refractivity contribution in [3.8, 4) is 0 Å². The number of rotatable bonds is 1. The summed E-state index contributed by atoms with van der Waals surface area (Å²) in [6.07, 6.45) is 0. The highest BCUT2D eigenvalue weighted by atomic mass is 16.6. The van der Waals surface area contributed by atoms with Gasteiger partial charge in [0.05, 0.1) is 0 Å². The second kappa shape index (κ2) is 5.14. The summed E-state index contributed by atoms with van der Waals surface area (Å²) in [7, 11) is 0. The summed E-state index contributed by atoms with van der Waals surface area (Å²) in [6.45, 7) is 3.07. The van der Waals surface area contributed by atoms with Gasteiger partial charge in [-0.2, -0.15) is 11.8 Å². The van der Waals surface area contributed by atoms with E-state index in [1.807, 2.05) is 0 Å². The molecular formula is C3H8N6O2. The zero-order valence-electron chi connectivity index (χ0n) is 5.60. The predicted molar refractivity (Wildman–Crippen MR) is 39.2 cm³/mol. The zero-order chi connectivity index (χ0) is 8.69. The predicted octanol–water partition coefficient (Wildman–Crippen LogP) is -1.95. The van der Waals surface area contributed by atoms with Crippen LogP contribution in [0.3, 0.4) is 0 Å². The smallest absolute Gasteiger partial charge is 0.354 e. The van der Waals surface area contributed by atoms with Crippen LogP contribution in [0.5, 0.6) is 0 Å². The van der Waals surface area contributed by atoms with Crippen LogP contribution in [0, 0.1) is 0 Å². The molecule has 62 valence electrons. The van der Waals surface area contributed by atoms with Crippen molar-refractivity contribution in [1.29, 1.82) is 0 Å². The molecule has 0 bridgehead atoms. The minimum atomic E-state index is -0.344. The Bertz CT molecular complexity index is 186. The number of hydrogen-bond acceptors (Lipinski definition) is 6. The Morgan fingerprint density at radius 3 is 2.18 bits per heavy atom. The number of amidine groups is 2. The van der Waals surface area contributed by atoms with Crippen LogP contribution in [0.4, 0.5) is 0 Å². The summed E-state index contributed by atoms with van der Waals surface area (Å²) in [5.41, 5.74) is 4.97. The molecule has 0 atom stereocenters. The van der Waals surface area contributed by atoms with Crippen molar-refractivity contribution in [1.82, 2.24) is 0 Å². The third kappa shape index (κ3) is 3.83. The lowest BCUT2D eigenvalue weighted by atomic mass is 11.1. The van der Waals surface area contributed by atoms with Crippen LogP contribution < -0.4 is 17.5 Å². The van der Waals surface area contributed by atoms with E-state index in [0.717, 1.165) is 0 Å². The summed E-state index contributed by atoms with van der Waals surface area (Å²) in [5.74, 6) is 9.26. The Kier molecular flexibility index (Phi) is 4.36. The highest BCUT2D eigenvalue weighted by Gasteiger charge is 1.91. The van der Waals surface area contributed by atoms with Gasteiger partial charge in [-0.1, -0.05) is 10.2 Å².